The molecule has 3 nitrogen and oxygen atoms in total. The van der Waals surface area contributed by atoms with E-state index < -0.39 is 0 Å². The molecule has 0 fully saturated rings. The zero-order chi connectivity index (χ0) is 40.3. The summed E-state index contributed by atoms with van der Waals surface area (Å²) in [5.41, 5.74) is 16.0. The Morgan fingerprint density at radius 1 is 0.262 bits per heavy atom. The van der Waals surface area contributed by atoms with Crippen LogP contribution in [0.4, 0.5) is 17.1 Å². The van der Waals surface area contributed by atoms with E-state index in [0.717, 1.165) is 77.6 Å². The first kappa shape index (κ1) is 34.9. The van der Waals surface area contributed by atoms with Crippen LogP contribution in [0, 0.1) is 0 Å². The smallest absolute Gasteiger partial charge is 0.143 e. The Morgan fingerprint density at radius 3 is 1.46 bits per heavy atom. The van der Waals surface area contributed by atoms with Gasteiger partial charge in [-0.25, -0.2) is 0 Å². The molecule has 61 heavy (non-hydrogen) atoms. The molecule has 0 N–H and O–H groups in total. The molecule has 0 saturated carbocycles. The molecular weight excluding hydrogens is 743 g/mol. The van der Waals surface area contributed by atoms with Gasteiger partial charge in [0.05, 0.1) is 0 Å². The molecule has 0 atom stereocenters. The number of para-hydroxylation sites is 3. The SMILES string of the molecule is c1cc(-c2ccc(N(c3ccc(-c4cccc5c4oc4ccccc45)cc3)c3ccc4oc5ccccc5c4c3)cc2)cc(-c2cccc(-c3ccc4ccccc4c3)c2)c1. The van der Waals surface area contributed by atoms with E-state index in [0.29, 0.717) is 0 Å². The van der Waals surface area contributed by atoms with Crippen molar-refractivity contribution in [1.82, 2.24) is 0 Å². The number of nitrogens with zero attached hydrogens (tertiary/aromatic N) is 1. The number of benzene rings is 10. The monoisotopic (exact) mass is 779 g/mol. The quantitative estimate of drug-likeness (QED) is 0.161. The van der Waals surface area contributed by atoms with Gasteiger partial charge in [-0.15, -0.1) is 0 Å². The molecule has 0 bridgehead atoms. The molecule has 10 aromatic carbocycles. The number of rotatable bonds is 7. The summed E-state index contributed by atoms with van der Waals surface area (Å²) in [7, 11) is 0. The van der Waals surface area contributed by atoms with Gasteiger partial charge in [0.25, 0.3) is 0 Å². The second kappa shape index (κ2) is 14.3. The predicted octanol–water partition coefficient (Wildman–Crippen LogP) is 16.8. The molecule has 0 amide bonds. The van der Waals surface area contributed by atoms with Gasteiger partial charge in [0.2, 0.25) is 0 Å². The Bertz CT molecular complexity index is 3590. The van der Waals surface area contributed by atoms with Gasteiger partial charge < -0.3 is 13.7 Å². The lowest BCUT2D eigenvalue weighted by Crippen LogP contribution is -2.09. The van der Waals surface area contributed by atoms with Crippen LogP contribution in [0.5, 0.6) is 0 Å². The van der Waals surface area contributed by atoms with Gasteiger partial charge in [-0.3, -0.25) is 0 Å². The maximum absolute atomic E-state index is 6.42. The van der Waals surface area contributed by atoms with E-state index in [1.807, 2.05) is 24.3 Å². The average Bonchev–Trinajstić information content (AvgIpc) is 3.90. The van der Waals surface area contributed by atoms with Crippen molar-refractivity contribution in [1.29, 1.82) is 0 Å². The van der Waals surface area contributed by atoms with Gasteiger partial charge in [0.15, 0.2) is 0 Å². The van der Waals surface area contributed by atoms with Crippen LogP contribution in [-0.2, 0) is 0 Å². The highest BCUT2D eigenvalue weighted by Crippen LogP contribution is 2.42. The zero-order valence-electron chi connectivity index (χ0n) is 33.1. The van der Waals surface area contributed by atoms with E-state index in [2.05, 4.69) is 205 Å². The van der Waals surface area contributed by atoms with Gasteiger partial charge >= 0.3 is 0 Å². The Morgan fingerprint density at radius 2 is 0.754 bits per heavy atom. The fraction of sp³-hybridized carbons (Fsp3) is 0. The summed E-state index contributed by atoms with van der Waals surface area (Å²) in [6.45, 7) is 0. The van der Waals surface area contributed by atoms with Crippen molar-refractivity contribution in [2.75, 3.05) is 4.90 Å². The average molecular weight is 780 g/mol. The van der Waals surface area contributed by atoms with Crippen molar-refractivity contribution in [2.45, 2.75) is 0 Å². The molecule has 0 aliphatic carbocycles. The molecule has 0 unspecified atom stereocenters. The lowest BCUT2D eigenvalue weighted by molar-refractivity contribution is 0.669. The van der Waals surface area contributed by atoms with Crippen LogP contribution < -0.4 is 4.90 Å². The Labute approximate surface area is 353 Å². The molecule has 0 spiro atoms. The maximum atomic E-state index is 6.42. The minimum absolute atomic E-state index is 0.872. The predicted molar refractivity (Wildman–Crippen MR) is 255 cm³/mol. The number of furan rings is 2. The lowest BCUT2D eigenvalue weighted by Gasteiger charge is -2.26. The van der Waals surface area contributed by atoms with Gasteiger partial charge in [0, 0.05) is 44.2 Å². The molecule has 3 heteroatoms. The molecule has 12 aromatic rings. The molecule has 2 aromatic heterocycles. The number of fused-ring (bicyclic) bond motifs is 7. The fourth-order valence-electron chi connectivity index (χ4n) is 8.99. The van der Waals surface area contributed by atoms with E-state index in [1.165, 1.54) is 38.6 Å². The topological polar surface area (TPSA) is 29.5 Å². The maximum Gasteiger partial charge on any atom is 0.143 e. The molecule has 0 aliphatic rings. The second-order valence-corrected chi connectivity index (χ2v) is 15.7. The van der Waals surface area contributed by atoms with Crippen molar-refractivity contribution >= 4 is 71.7 Å². The molecule has 0 saturated heterocycles. The Balaban J connectivity index is 0.908. The number of hydrogen-bond acceptors (Lipinski definition) is 3. The lowest BCUT2D eigenvalue weighted by atomic mass is 9.95. The van der Waals surface area contributed by atoms with E-state index in [-0.39, 0.29) is 0 Å². The fourth-order valence-corrected chi connectivity index (χ4v) is 8.99. The van der Waals surface area contributed by atoms with Crippen molar-refractivity contribution in [2.24, 2.45) is 0 Å². The highest BCUT2D eigenvalue weighted by atomic mass is 16.3. The first-order valence-corrected chi connectivity index (χ1v) is 20.7. The third-order valence-corrected chi connectivity index (χ3v) is 12.1. The molecule has 2 heterocycles. The van der Waals surface area contributed by atoms with Crippen molar-refractivity contribution in [3.63, 3.8) is 0 Å². The van der Waals surface area contributed by atoms with Crippen LogP contribution in [0.25, 0.3) is 99.2 Å². The standard InChI is InChI=1S/C58H37NO2/c1-2-11-41-35-46(23-22-38(41)10-1)45-15-8-14-44(36-45)43-13-7-12-42(34-43)39-24-28-47(29-25-39)59(49-32-33-57-54(37-49)52-17-4-5-20-55(52)60-57)48-30-26-40(27-31-48)50-18-9-19-53-51-16-3-6-21-56(51)61-58(50)53/h1-37H. The third kappa shape index (κ3) is 6.14. The summed E-state index contributed by atoms with van der Waals surface area (Å²) in [6.07, 6.45) is 0. The first-order valence-electron chi connectivity index (χ1n) is 20.7. The Kier molecular flexibility index (Phi) is 8.17. The molecule has 0 radical (unpaired) electrons. The van der Waals surface area contributed by atoms with E-state index in [9.17, 15) is 0 Å². The summed E-state index contributed by atoms with van der Waals surface area (Å²) in [4.78, 5) is 2.32. The third-order valence-electron chi connectivity index (χ3n) is 12.1. The Hall–Kier alpha value is -8.14. The summed E-state index contributed by atoms with van der Waals surface area (Å²) in [5, 5.41) is 6.95. The number of anilines is 3. The van der Waals surface area contributed by atoms with Crippen LogP contribution in [0.1, 0.15) is 0 Å². The van der Waals surface area contributed by atoms with Gasteiger partial charge in [0.1, 0.15) is 22.3 Å². The van der Waals surface area contributed by atoms with Gasteiger partial charge in [-0.2, -0.15) is 0 Å². The molecule has 0 aliphatic heterocycles. The van der Waals surface area contributed by atoms with Gasteiger partial charge in [-0.1, -0.05) is 152 Å². The van der Waals surface area contributed by atoms with Crippen LogP contribution >= 0.6 is 0 Å². The van der Waals surface area contributed by atoms with Crippen LogP contribution in [0.3, 0.4) is 0 Å². The largest absolute Gasteiger partial charge is 0.456 e. The first-order chi connectivity index (χ1) is 30.2. The van der Waals surface area contributed by atoms with Crippen LogP contribution in [0.15, 0.2) is 233 Å². The summed E-state index contributed by atoms with van der Waals surface area (Å²) in [6, 6.07) is 80.0. The van der Waals surface area contributed by atoms with Crippen LogP contribution in [-0.4, -0.2) is 0 Å². The van der Waals surface area contributed by atoms with E-state index in [4.69, 9.17) is 8.83 Å². The number of hydrogen-bond donors (Lipinski definition) is 0. The highest BCUT2D eigenvalue weighted by molar-refractivity contribution is 6.10. The molecular formula is C58H37NO2. The summed E-state index contributed by atoms with van der Waals surface area (Å²) >= 11 is 0. The zero-order valence-corrected chi connectivity index (χ0v) is 33.1. The van der Waals surface area contributed by atoms with E-state index in [1.54, 1.807) is 0 Å². The normalized spacial score (nSPS) is 11.6. The van der Waals surface area contributed by atoms with Crippen molar-refractivity contribution < 1.29 is 8.83 Å². The van der Waals surface area contributed by atoms with Crippen molar-refractivity contribution in [3.05, 3.63) is 224 Å². The minimum Gasteiger partial charge on any atom is -0.456 e. The van der Waals surface area contributed by atoms with E-state index >= 15 is 0 Å². The second-order valence-electron chi connectivity index (χ2n) is 15.7. The highest BCUT2D eigenvalue weighted by Gasteiger charge is 2.18. The van der Waals surface area contributed by atoms with Crippen LogP contribution in [0.2, 0.25) is 0 Å². The summed E-state index contributed by atoms with van der Waals surface area (Å²) in [5.74, 6) is 0. The van der Waals surface area contributed by atoms with Crippen molar-refractivity contribution in [3.8, 4) is 44.5 Å². The molecule has 286 valence electrons. The molecule has 12 rings (SSSR count). The van der Waals surface area contributed by atoms with Gasteiger partial charge in [-0.05, 0) is 123 Å². The summed E-state index contributed by atoms with van der Waals surface area (Å²) < 4.78 is 12.7. The minimum atomic E-state index is 0.872.